The zero-order valence-electron chi connectivity index (χ0n) is 11.7. The highest BCUT2D eigenvalue weighted by atomic mass is 16.6. The van der Waals surface area contributed by atoms with E-state index >= 15 is 0 Å². The maximum atomic E-state index is 12.1. The fraction of sp³-hybridized carbons (Fsp3) is 0.417. The van der Waals surface area contributed by atoms with Crippen molar-refractivity contribution in [3.05, 3.63) is 33.9 Å². The summed E-state index contributed by atoms with van der Waals surface area (Å²) in [5.41, 5.74) is 2.14. The number of hydrogen-bond donors (Lipinski definition) is 3. The average Bonchev–Trinajstić information content (AvgIpc) is 2.42. The molecule has 0 heterocycles. The van der Waals surface area contributed by atoms with Gasteiger partial charge in [0.05, 0.1) is 10.5 Å². The number of nitrogens with zero attached hydrogens (tertiary/aromatic N) is 2. The Bertz CT molecular complexity index is 504. The van der Waals surface area contributed by atoms with E-state index in [0.717, 1.165) is 0 Å². The Morgan fingerprint density at radius 1 is 1.50 bits per heavy atom. The van der Waals surface area contributed by atoms with Crippen molar-refractivity contribution < 1.29 is 9.72 Å². The first-order chi connectivity index (χ1) is 9.38. The monoisotopic (exact) mass is 281 g/mol. The lowest BCUT2D eigenvalue weighted by Crippen LogP contribution is -2.38. The summed E-state index contributed by atoms with van der Waals surface area (Å²) in [6, 6.07) is 4.36. The third-order valence-corrected chi connectivity index (χ3v) is 3.07. The van der Waals surface area contributed by atoms with Gasteiger partial charge in [0.25, 0.3) is 11.6 Å². The van der Waals surface area contributed by atoms with E-state index < -0.39 is 10.8 Å². The summed E-state index contributed by atoms with van der Waals surface area (Å²) in [7, 11) is 3.80. The van der Waals surface area contributed by atoms with Crippen LogP contribution in [0.2, 0.25) is 0 Å². The van der Waals surface area contributed by atoms with Crippen molar-refractivity contribution in [1.29, 1.82) is 0 Å². The van der Waals surface area contributed by atoms with Gasteiger partial charge in [-0.3, -0.25) is 20.8 Å². The zero-order valence-corrected chi connectivity index (χ0v) is 11.7. The maximum absolute atomic E-state index is 12.1. The van der Waals surface area contributed by atoms with Crippen LogP contribution >= 0.6 is 0 Å². The van der Waals surface area contributed by atoms with Crippen molar-refractivity contribution in [3.8, 4) is 0 Å². The van der Waals surface area contributed by atoms with Crippen molar-refractivity contribution in [2.24, 2.45) is 5.84 Å². The van der Waals surface area contributed by atoms with Gasteiger partial charge in [-0.1, -0.05) is 6.07 Å². The van der Waals surface area contributed by atoms with Gasteiger partial charge in [0.15, 0.2) is 0 Å². The Morgan fingerprint density at radius 3 is 2.65 bits per heavy atom. The molecule has 1 rings (SSSR count). The molecule has 1 atom stereocenters. The molecule has 0 aliphatic rings. The number of nitro groups is 1. The maximum Gasteiger partial charge on any atom is 0.294 e. The molecular weight excluding hydrogens is 262 g/mol. The highest BCUT2D eigenvalue weighted by Gasteiger charge is 2.21. The summed E-state index contributed by atoms with van der Waals surface area (Å²) in [6.07, 6.45) is 0. The number of nitro benzene ring substituents is 1. The number of hydrogen-bond acceptors (Lipinski definition) is 6. The molecule has 20 heavy (non-hydrogen) atoms. The third-order valence-electron chi connectivity index (χ3n) is 3.07. The fourth-order valence-corrected chi connectivity index (χ4v) is 1.55. The molecule has 1 amide bonds. The second kappa shape index (κ2) is 6.83. The number of para-hydroxylation sites is 1. The minimum Gasteiger partial charge on any atom is -0.350 e. The Morgan fingerprint density at radius 2 is 2.15 bits per heavy atom. The van der Waals surface area contributed by atoms with Gasteiger partial charge in [0.1, 0.15) is 5.69 Å². The van der Waals surface area contributed by atoms with Crippen LogP contribution in [0, 0.1) is 10.1 Å². The Balaban J connectivity index is 2.93. The van der Waals surface area contributed by atoms with Gasteiger partial charge >= 0.3 is 0 Å². The van der Waals surface area contributed by atoms with Crippen LogP contribution in [-0.2, 0) is 0 Å². The average molecular weight is 281 g/mol. The smallest absolute Gasteiger partial charge is 0.294 e. The number of nitrogens with two attached hydrogens (primary N) is 1. The molecule has 0 saturated carbocycles. The molecule has 1 aromatic rings. The largest absolute Gasteiger partial charge is 0.350 e. The van der Waals surface area contributed by atoms with Crippen LogP contribution in [0.3, 0.4) is 0 Å². The first-order valence-corrected chi connectivity index (χ1v) is 6.07. The van der Waals surface area contributed by atoms with E-state index in [1.165, 1.54) is 18.2 Å². The van der Waals surface area contributed by atoms with Crippen LogP contribution in [0.25, 0.3) is 0 Å². The molecule has 0 bridgehead atoms. The minimum atomic E-state index is -0.589. The summed E-state index contributed by atoms with van der Waals surface area (Å²) < 4.78 is 0. The topological polar surface area (TPSA) is 114 Å². The van der Waals surface area contributed by atoms with Crippen molar-refractivity contribution in [1.82, 2.24) is 10.2 Å². The number of carbonyl (C=O) groups excluding carboxylic acids is 1. The van der Waals surface area contributed by atoms with Gasteiger partial charge in [-0.05, 0) is 27.1 Å². The van der Waals surface area contributed by atoms with Crippen LogP contribution in [-0.4, -0.2) is 42.4 Å². The molecule has 110 valence electrons. The second-order valence-corrected chi connectivity index (χ2v) is 4.62. The molecule has 0 radical (unpaired) electrons. The number of rotatable bonds is 6. The normalized spacial score (nSPS) is 12.1. The summed E-state index contributed by atoms with van der Waals surface area (Å²) in [5.74, 6) is 4.88. The molecule has 0 fully saturated rings. The quantitative estimate of drug-likeness (QED) is 0.399. The van der Waals surface area contributed by atoms with E-state index in [-0.39, 0.29) is 23.0 Å². The van der Waals surface area contributed by atoms with Crippen LogP contribution in [0.15, 0.2) is 18.2 Å². The summed E-state index contributed by atoms with van der Waals surface area (Å²) in [5, 5.41) is 13.6. The lowest BCUT2D eigenvalue weighted by molar-refractivity contribution is -0.384. The molecule has 0 aromatic heterocycles. The highest BCUT2D eigenvalue weighted by Crippen LogP contribution is 2.27. The molecule has 0 aliphatic carbocycles. The van der Waals surface area contributed by atoms with Gasteiger partial charge in [-0.15, -0.1) is 0 Å². The number of nitrogen functional groups attached to an aromatic ring is 1. The highest BCUT2D eigenvalue weighted by molar-refractivity contribution is 6.01. The van der Waals surface area contributed by atoms with Gasteiger partial charge < -0.3 is 15.6 Å². The Hall–Kier alpha value is -2.19. The zero-order chi connectivity index (χ0) is 15.3. The van der Waals surface area contributed by atoms with E-state index in [9.17, 15) is 14.9 Å². The van der Waals surface area contributed by atoms with E-state index in [1.807, 2.05) is 25.9 Å². The molecule has 0 aliphatic heterocycles. The predicted octanol–water partition coefficient (Wildman–Crippen LogP) is 0.560. The van der Waals surface area contributed by atoms with Crippen molar-refractivity contribution in [3.63, 3.8) is 0 Å². The van der Waals surface area contributed by atoms with E-state index in [4.69, 9.17) is 5.84 Å². The van der Waals surface area contributed by atoms with E-state index in [0.29, 0.717) is 6.54 Å². The van der Waals surface area contributed by atoms with Crippen molar-refractivity contribution in [2.75, 3.05) is 26.1 Å². The molecule has 1 aromatic carbocycles. The number of benzene rings is 1. The van der Waals surface area contributed by atoms with Crippen molar-refractivity contribution >= 4 is 17.3 Å². The van der Waals surface area contributed by atoms with Crippen LogP contribution in [0.1, 0.15) is 17.3 Å². The molecule has 8 nitrogen and oxygen atoms in total. The number of amides is 1. The first kappa shape index (κ1) is 15.9. The number of carbonyl (C=O) groups is 1. The van der Waals surface area contributed by atoms with Crippen LogP contribution < -0.4 is 16.6 Å². The molecule has 0 saturated heterocycles. The summed E-state index contributed by atoms with van der Waals surface area (Å²) >= 11 is 0. The van der Waals surface area contributed by atoms with Crippen LogP contribution in [0.5, 0.6) is 0 Å². The second-order valence-electron chi connectivity index (χ2n) is 4.62. The third kappa shape index (κ3) is 3.65. The van der Waals surface area contributed by atoms with E-state index in [2.05, 4.69) is 10.7 Å². The molecule has 0 spiro atoms. The Kier molecular flexibility index (Phi) is 5.42. The van der Waals surface area contributed by atoms with Crippen molar-refractivity contribution in [2.45, 2.75) is 13.0 Å². The summed E-state index contributed by atoms with van der Waals surface area (Å²) in [4.78, 5) is 24.3. The number of likely N-dealkylation sites (N-methyl/N-ethyl adjacent to an activating group) is 1. The molecule has 1 unspecified atom stereocenters. The minimum absolute atomic E-state index is 0.00695. The van der Waals surface area contributed by atoms with Gasteiger partial charge in [-0.2, -0.15) is 0 Å². The van der Waals surface area contributed by atoms with Gasteiger partial charge in [0.2, 0.25) is 0 Å². The molecule has 4 N–H and O–H groups in total. The molecular formula is C12H19N5O3. The van der Waals surface area contributed by atoms with Crippen LogP contribution in [0.4, 0.5) is 11.4 Å². The summed E-state index contributed by atoms with van der Waals surface area (Å²) in [6.45, 7) is 2.38. The SMILES string of the molecule is CC(CNC(=O)c1cccc([N+](=O)[O-])c1NN)N(C)C. The van der Waals surface area contributed by atoms with E-state index in [1.54, 1.807) is 0 Å². The Labute approximate surface area is 117 Å². The van der Waals surface area contributed by atoms with Gasteiger partial charge in [0, 0.05) is 18.7 Å². The first-order valence-electron chi connectivity index (χ1n) is 6.07. The lowest BCUT2D eigenvalue weighted by Gasteiger charge is -2.20. The van der Waals surface area contributed by atoms with Gasteiger partial charge in [-0.25, -0.2) is 0 Å². The number of nitrogens with one attached hydrogen (secondary N) is 2. The number of hydrazine groups is 1. The predicted molar refractivity (Wildman–Crippen MR) is 76.4 cm³/mol. The standard InChI is InChI=1S/C12H19N5O3/c1-8(16(2)3)7-14-12(18)9-5-4-6-10(17(19)20)11(9)15-13/h4-6,8,15H,7,13H2,1-3H3,(H,14,18). The number of anilines is 1. The fourth-order valence-electron chi connectivity index (χ4n) is 1.55. The molecule has 8 heteroatoms. The lowest BCUT2D eigenvalue weighted by atomic mass is 10.1.